The highest BCUT2D eigenvalue weighted by atomic mass is 16.5. The molecule has 2 rings (SSSR count). The van der Waals surface area contributed by atoms with Crippen LogP contribution in [0.25, 0.3) is 0 Å². The Kier molecular flexibility index (Phi) is 1.93. The minimum Gasteiger partial charge on any atom is -0.508 e. The minimum atomic E-state index is -0.552. The van der Waals surface area contributed by atoms with Crippen molar-refractivity contribution in [2.75, 3.05) is 0 Å². The second-order valence-electron chi connectivity index (χ2n) is 4.22. The molecule has 3 nitrogen and oxygen atoms in total. The molecule has 1 atom stereocenters. The Morgan fingerprint density at radius 2 is 2.14 bits per heavy atom. The van der Waals surface area contributed by atoms with Crippen LogP contribution in [0.15, 0.2) is 18.2 Å². The fourth-order valence-electron chi connectivity index (χ4n) is 1.63. The molecular weight excluding hydrogens is 180 g/mol. The molecule has 0 saturated heterocycles. The Labute approximate surface area is 83.0 Å². The molecule has 76 valence electrons. The summed E-state index contributed by atoms with van der Waals surface area (Å²) in [7, 11) is 0. The molecule has 0 aliphatic carbocycles. The van der Waals surface area contributed by atoms with Crippen LogP contribution in [-0.2, 0) is 6.42 Å². The highest BCUT2D eigenvalue weighted by molar-refractivity contribution is 5.42. The van der Waals surface area contributed by atoms with Crippen molar-refractivity contribution in [2.45, 2.75) is 32.0 Å². The summed E-state index contributed by atoms with van der Waals surface area (Å²) < 4.78 is 5.63. The highest BCUT2D eigenvalue weighted by Gasteiger charge is 2.35. The Balaban J connectivity index is 2.41. The third-order valence-corrected chi connectivity index (χ3v) is 2.63. The molecule has 14 heavy (non-hydrogen) atoms. The van der Waals surface area contributed by atoms with Gasteiger partial charge in [0.2, 0.25) is 0 Å². The second kappa shape index (κ2) is 2.89. The van der Waals surface area contributed by atoms with E-state index in [2.05, 4.69) is 0 Å². The average molecular weight is 194 g/mol. The van der Waals surface area contributed by atoms with Crippen LogP contribution in [-0.4, -0.2) is 21.9 Å². The van der Waals surface area contributed by atoms with Gasteiger partial charge in [-0.3, -0.25) is 0 Å². The molecule has 1 heterocycles. The number of aliphatic hydroxyl groups excluding tert-OH is 1. The molecule has 0 amide bonds. The van der Waals surface area contributed by atoms with Crippen molar-refractivity contribution in [1.82, 2.24) is 0 Å². The van der Waals surface area contributed by atoms with E-state index in [-0.39, 0.29) is 5.75 Å². The number of aromatic hydroxyl groups is 1. The van der Waals surface area contributed by atoms with E-state index in [0.29, 0.717) is 6.42 Å². The number of phenolic OH excluding ortho intramolecular Hbond substituents is 1. The van der Waals surface area contributed by atoms with Gasteiger partial charge in [0.15, 0.2) is 0 Å². The van der Waals surface area contributed by atoms with Crippen LogP contribution in [0.2, 0.25) is 0 Å². The Hall–Kier alpha value is -1.22. The van der Waals surface area contributed by atoms with Gasteiger partial charge in [0.1, 0.15) is 17.1 Å². The molecule has 3 heteroatoms. The van der Waals surface area contributed by atoms with E-state index in [0.717, 1.165) is 11.3 Å². The van der Waals surface area contributed by atoms with E-state index in [1.165, 1.54) is 0 Å². The van der Waals surface area contributed by atoms with Gasteiger partial charge in [0.05, 0.1) is 6.10 Å². The zero-order chi connectivity index (χ0) is 10.3. The van der Waals surface area contributed by atoms with Crippen molar-refractivity contribution >= 4 is 0 Å². The number of rotatable bonds is 0. The highest BCUT2D eigenvalue weighted by Crippen LogP contribution is 2.34. The second-order valence-corrected chi connectivity index (χ2v) is 4.22. The first kappa shape index (κ1) is 9.34. The maximum Gasteiger partial charge on any atom is 0.129 e. The van der Waals surface area contributed by atoms with E-state index in [9.17, 15) is 10.2 Å². The summed E-state index contributed by atoms with van der Waals surface area (Å²) in [4.78, 5) is 0. The molecule has 0 unspecified atom stereocenters. The van der Waals surface area contributed by atoms with Crippen molar-refractivity contribution in [3.05, 3.63) is 23.8 Å². The average Bonchev–Trinajstić information content (AvgIpc) is 2.08. The summed E-state index contributed by atoms with van der Waals surface area (Å²) in [5.41, 5.74) is 0.307. The van der Waals surface area contributed by atoms with Gasteiger partial charge in [-0.1, -0.05) is 0 Å². The number of phenols is 1. The third-order valence-electron chi connectivity index (χ3n) is 2.63. The van der Waals surface area contributed by atoms with E-state index < -0.39 is 11.7 Å². The lowest BCUT2D eigenvalue weighted by Crippen LogP contribution is -2.46. The Morgan fingerprint density at radius 3 is 2.86 bits per heavy atom. The van der Waals surface area contributed by atoms with Gasteiger partial charge in [-0.25, -0.2) is 0 Å². The molecule has 0 bridgehead atoms. The maximum absolute atomic E-state index is 9.77. The van der Waals surface area contributed by atoms with Crippen molar-refractivity contribution in [3.8, 4) is 11.5 Å². The molecule has 0 fully saturated rings. The lowest BCUT2D eigenvalue weighted by molar-refractivity contribution is -0.0412. The summed E-state index contributed by atoms with van der Waals surface area (Å²) in [5.74, 6) is 0.956. The lowest BCUT2D eigenvalue weighted by atomic mass is 9.91. The van der Waals surface area contributed by atoms with Gasteiger partial charge in [-0.2, -0.15) is 0 Å². The molecule has 1 aliphatic rings. The predicted molar refractivity (Wildman–Crippen MR) is 52.5 cm³/mol. The molecule has 0 spiro atoms. The summed E-state index contributed by atoms with van der Waals surface area (Å²) >= 11 is 0. The summed E-state index contributed by atoms with van der Waals surface area (Å²) in [6.45, 7) is 3.71. The minimum absolute atomic E-state index is 0.208. The number of hydrogen-bond acceptors (Lipinski definition) is 3. The van der Waals surface area contributed by atoms with Gasteiger partial charge in [-0.15, -0.1) is 0 Å². The van der Waals surface area contributed by atoms with Crippen LogP contribution in [0.4, 0.5) is 0 Å². The normalized spacial score (nSPS) is 23.8. The fraction of sp³-hybridized carbons (Fsp3) is 0.455. The number of aliphatic hydroxyl groups is 1. The molecule has 1 aliphatic heterocycles. The monoisotopic (exact) mass is 194 g/mol. The molecular formula is C11H14O3. The van der Waals surface area contributed by atoms with Gasteiger partial charge in [0, 0.05) is 12.0 Å². The molecule has 0 saturated carbocycles. The third kappa shape index (κ3) is 1.44. The van der Waals surface area contributed by atoms with Crippen molar-refractivity contribution in [2.24, 2.45) is 0 Å². The number of hydrogen-bond donors (Lipinski definition) is 2. The first-order chi connectivity index (χ1) is 6.49. The van der Waals surface area contributed by atoms with Crippen LogP contribution < -0.4 is 4.74 Å². The van der Waals surface area contributed by atoms with Crippen LogP contribution in [0, 0.1) is 0 Å². The molecule has 1 aromatic rings. The van der Waals surface area contributed by atoms with Crippen molar-refractivity contribution in [1.29, 1.82) is 0 Å². The zero-order valence-electron chi connectivity index (χ0n) is 8.32. The molecule has 0 aromatic heterocycles. The molecule has 1 aromatic carbocycles. The Morgan fingerprint density at radius 1 is 1.43 bits per heavy atom. The Bertz CT molecular complexity index is 358. The number of fused-ring (bicyclic) bond motifs is 1. The van der Waals surface area contributed by atoms with E-state index >= 15 is 0 Å². The van der Waals surface area contributed by atoms with E-state index in [4.69, 9.17) is 4.74 Å². The van der Waals surface area contributed by atoms with Crippen LogP contribution >= 0.6 is 0 Å². The van der Waals surface area contributed by atoms with Gasteiger partial charge >= 0.3 is 0 Å². The molecule has 2 N–H and O–H groups in total. The number of benzene rings is 1. The van der Waals surface area contributed by atoms with Gasteiger partial charge in [-0.05, 0) is 32.0 Å². The van der Waals surface area contributed by atoms with Gasteiger partial charge in [0.25, 0.3) is 0 Å². The lowest BCUT2D eigenvalue weighted by Gasteiger charge is -2.36. The van der Waals surface area contributed by atoms with E-state index in [1.807, 2.05) is 13.8 Å². The first-order valence-corrected chi connectivity index (χ1v) is 4.68. The van der Waals surface area contributed by atoms with Crippen molar-refractivity contribution < 1.29 is 14.9 Å². The number of ether oxygens (including phenoxy) is 1. The smallest absolute Gasteiger partial charge is 0.129 e. The summed E-state index contributed by atoms with van der Waals surface area (Å²) in [6.07, 6.45) is -0.00620. The largest absolute Gasteiger partial charge is 0.508 e. The topological polar surface area (TPSA) is 49.7 Å². The first-order valence-electron chi connectivity index (χ1n) is 4.68. The standard InChI is InChI=1S/C11H14O3/c1-11(2)10(13)6-7-5-8(12)3-4-9(7)14-11/h3-5,10,12-13H,6H2,1-2H3/t10-/m1/s1. The summed E-state index contributed by atoms with van der Waals surface area (Å²) in [6, 6.07) is 4.96. The summed E-state index contributed by atoms with van der Waals surface area (Å²) in [5, 5.41) is 19.0. The quantitative estimate of drug-likeness (QED) is 0.657. The van der Waals surface area contributed by atoms with Crippen molar-refractivity contribution in [3.63, 3.8) is 0 Å². The molecule has 0 radical (unpaired) electrons. The SMILES string of the molecule is CC1(C)Oc2ccc(O)cc2C[C@H]1O. The fourth-order valence-corrected chi connectivity index (χ4v) is 1.63. The van der Waals surface area contributed by atoms with E-state index in [1.54, 1.807) is 18.2 Å². The van der Waals surface area contributed by atoms with Crippen LogP contribution in [0.1, 0.15) is 19.4 Å². The van der Waals surface area contributed by atoms with Crippen LogP contribution in [0.5, 0.6) is 11.5 Å². The zero-order valence-corrected chi connectivity index (χ0v) is 8.32. The van der Waals surface area contributed by atoms with Crippen LogP contribution in [0.3, 0.4) is 0 Å². The van der Waals surface area contributed by atoms with Gasteiger partial charge < -0.3 is 14.9 Å². The predicted octanol–water partition coefficient (Wildman–Crippen LogP) is 1.47. The maximum atomic E-state index is 9.77.